The largest absolute Gasteiger partial charge is 0.493 e. The predicted octanol–water partition coefficient (Wildman–Crippen LogP) is 3.94. The molecule has 0 radical (unpaired) electrons. The molecule has 0 aliphatic rings. The lowest BCUT2D eigenvalue weighted by Crippen LogP contribution is -2.16. The van der Waals surface area contributed by atoms with Crippen LogP contribution in [0.25, 0.3) is 0 Å². The molecule has 0 heterocycles. The Hall–Kier alpha value is -2.00. The Kier molecular flexibility index (Phi) is 6.48. The smallest absolute Gasteiger partial charge is 0.164 e. The first-order valence-corrected chi connectivity index (χ1v) is 8.31. The van der Waals surface area contributed by atoms with E-state index in [0.29, 0.717) is 13.2 Å². The summed E-state index contributed by atoms with van der Waals surface area (Å²) in [5.41, 5.74) is 9.81. The minimum atomic E-state index is 0.271. The maximum absolute atomic E-state index is 6.05. The Labute approximate surface area is 139 Å². The normalized spacial score (nSPS) is 12.0. The van der Waals surface area contributed by atoms with Crippen LogP contribution in [0.5, 0.6) is 11.5 Å². The fraction of sp³-hybridized carbons (Fsp3) is 0.400. The van der Waals surface area contributed by atoms with Gasteiger partial charge in [-0.05, 0) is 49.1 Å². The molecule has 23 heavy (non-hydrogen) atoms. The van der Waals surface area contributed by atoms with E-state index in [1.165, 1.54) is 11.1 Å². The Morgan fingerprint density at radius 2 is 1.78 bits per heavy atom. The van der Waals surface area contributed by atoms with Gasteiger partial charge in [-0.3, -0.25) is 0 Å². The maximum Gasteiger partial charge on any atom is 0.164 e. The van der Waals surface area contributed by atoms with Crippen molar-refractivity contribution in [3.63, 3.8) is 0 Å². The SMILES string of the molecule is CCOc1c(CC(CN)c2ccc(CC)cc2)cccc1OC. The van der Waals surface area contributed by atoms with E-state index in [2.05, 4.69) is 37.3 Å². The number of para-hydroxylation sites is 1. The Morgan fingerprint density at radius 1 is 1.04 bits per heavy atom. The molecule has 0 spiro atoms. The third-order valence-corrected chi connectivity index (χ3v) is 4.18. The fourth-order valence-corrected chi connectivity index (χ4v) is 2.82. The first-order chi connectivity index (χ1) is 11.2. The minimum Gasteiger partial charge on any atom is -0.493 e. The van der Waals surface area contributed by atoms with E-state index in [1.807, 2.05) is 19.1 Å². The lowest BCUT2D eigenvalue weighted by molar-refractivity contribution is 0.307. The summed E-state index contributed by atoms with van der Waals surface area (Å²) in [6.07, 6.45) is 1.90. The highest BCUT2D eigenvalue weighted by Gasteiger charge is 2.16. The van der Waals surface area contributed by atoms with Crippen molar-refractivity contribution in [2.75, 3.05) is 20.3 Å². The molecule has 1 unspecified atom stereocenters. The second-order valence-corrected chi connectivity index (χ2v) is 5.61. The fourth-order valence-electron chi connectivity index (χ4n) is 2.82. The summed E-state index contributed by atoms with van der Waals surface area (Å²) >= 11 is 0. The van der Waals surface area contributed by atoms with Crippen molar-refractivity contribution in [2.45, 2.75) is 32.6 Å². The van der Waals surface area contributed by atoms with Crippen molar-refractivity contribution >= 4 is 0 Å². The molecule has 2 aromatic carbocycles. The summed E-state index contributed by atoms with van der Waals surface area (Å²) in [6, 6.07) is 14.8. The van der Waals surface area contributed by atoms with Crippen LogP contribution in [0.1, 0.15) is 36.5 Å². The van der Waals surface area contributed by atoms with Crippen LogP contribution in [0.15, 0.2) is 42.5 Å². The third-order valence-electron chi connectivity index (χ3n) is 4.18. The topological polar surface area (TPSA) is 44.5 Å². The quantitative estimate of drug-likeness (QED) is 0.803. The lowest BCUT2D eigenvalue weighted by atomic mass is 9.91. The average Bonchev–Trinajstić information content (AvgIpc) is 2.61. The van der Waals surface area contributed by atoms with Crippen molar-refractivity contribution in [1.29, 1.82) is 0 Å². The minimum absolute atomic E-state index is 0.271. The van der Waals surface area contributed by atoms with Crippen molar-refractivity contribution in [2.24, 2.45) is 5.73 Å². The van der Waals surface area contributed by atoms with Crippen LogP contribution < -0.4 is 15.2 Å². The summed E-state index contributed by atoms with van der Waals surface area (Å²) in [7, 11) is 1.67. The zero-order valence-corrected chi connectivity index (χ0v) is 14.3. The highest BCUT2D eigenvalue weighted by molar-refractivity contribution is 5.47. The zero-order chi connectivity index (χ0) is 16.7. The van der Waals surface area contributed by atoms with E-state index in [9.17, 15) is 0 Å². The molecule has 0 amide bonds. The van der Waals surface area contributed by atoms with Gasteiger partial charge in [0.15, 0.2) is 11.5 Å². The number of ether oxygens (including phenoxy) is 2. The molecule has 124 valence electrons. The lowest BCUT2D eigenvalue weighted by Gasteiger charge is -2.19. The molecule has 0 aliphatic heterocycles. The predicted molar refractivity (Wildman–Crippen MR) is 95.5 cm³/mol. The summed E-state index contributed by atoms with van der Waals surface area (Å²) < 4.78 is 11.2. The average molecular weight is 313 g/mol. The highest BCUT2D eigenvalue weighted by Crippen LogP contribution is 2.34. The number of benzene rings is 2. The second-order valence-electron chi connectivity index (χ2n) is 5.61. The number of hydrogen-bond donors (Lipinski definition) is 1. The summed E-state index contributed by atoms with van der Waals surface area (Å²) in [5, 5.41) is 0. The highest BCUT2D eigenvalue weighted by atomic mass is 16.5. The van der Waals surface area contributed by atoms with Crippen molar-refractivity contribution in [3.05, 3.63) is 59.2 Å². The molecular formula is C20H27NO2. The summed E-state index contributed by atoms with van der Waals surface area (Å²) in [4.78, 5) is 0. The molecule has 0 saturated heterocycles. The molecule has 2 rings (SSSR count). The monoisotopic (exact) mass is 313 g/mol. The molecule has 3 nitrogen and oxygen atoms in total. The first-order valence-electron chi connectivity index (χ1n) is 8.31. The van der Waals surface area contributed by atoms with Crippen LogP contribution in [0.3, 0.4) is 0 Å². The molecule has 0 saturated carbocycles. The van der Waals surface area contributed by atoms with Crippen LogP contribution in [0, 0.1) is 0 Å². The van der Waals surface area contributed by atoms with Gasteiger partial charge in [-0.2, -0.15) is 0 Å². The Balaban J connectivity index is 2.27. The van der Waals surface area contributed by atoms with Gasteiger partial charge in [-0.1, -0.05) is 43.3 Å². The Morgan fingerprint density at radius 3 is 2.35 bits per heavy atom. The maximum atomic E-state index is 6.05. The number of nitrogens with two attached hydrogens (primary N) is 1. The first kappa shape index (κ1) is 17.4. The molecule has 0 aromatic heterocycles. The number of aryl methyl sites for hydroxylation is 1. The van der Waals surface area contributed by atoms with Crippen LogP contribution in [0.2, 0.25) is 0 Å². The Bertz CT molecular complexity index is 608. The van der Waals surface area contributed by atoms with E-state index < -0.39 is 0 Å². The van der Waals surface area contributed by atoms with E-state index in [0.717, 1.165) is 29.9 Å². The third kappa shape index (κ3) is 4.26. The van der Waals surface area contributed by atoms with Gasteiger partial charge in [0.25, 0.3) is 0 Å². The van der Waals surface area contributed by atoms with Crippen molar-refractivity contribution in [3.8, 4) is 11.5 Å². The molecule has 0 fully saturated rings. The van der Waals surface area contributed by atoms with E-state index in [1.54, 1.807) is 7.11 Å². The van der Waals surface area contributed by atoms with Gasteiger partial charge in [-0.25, -0.2) is 0 Å². The number of methoxy groups -OCH3 is 1. The van der Waals surface area contributed by atoms with Crippen LogP contribution >= 0.6 is 0 Å². The second kappa shape index (κ2) is 8.59. The van der Waals surface area contributed by atoms with Crippen LogP contribution in [-0.4, -0.2) is 20.3 Å². The molecule has 0 bridgehead atoms. The van der Waals surface area contributed by atoms with Gasteiger partial charge in [0, 0.05) is 5.92 Å². The van der Waals surface area contributed by atoms with Gasteiger partial charge in [-0.15, -0.1) is 0 Å². The summed E-state index contributed by atoms with van der Waals surface area (Å²) in [6.45, 7) is 5.38. The summed E-state index contributed by atoms with van der Waals surface area (Å²) in [5.74, 6) is 1.88. The van der Waals surface area contributed by atoms with Gasteiger partial charge >= 0.3 is 0 Å². The van der Waals surface area contributed by atoms with Gasteiger partial charge < -0.3 is 15.2 Å². The number of hydrogen-bond acceptors (Lipinski definition) is 3. The molecule has 3 heteroatoms. The van der Waals surface area contributed by atoms with Crippen molar-refractivity contribution in [1.82, 2.24) is 0 Å². The van der Waals surface area contributed by atoms with E-state index >= 15 is 0 Å². The molecule has 1 atom stereocenters. The van der Waals surface area contributed by atoms with Crippen LogP contribution in [0.4, 0.5) is 0 Å². The van der Waals surface area contributed by atoms with Crippen molar-refractivity contribution < 1.29 is 9.47 Å². The zero-order valence-electron chi connectivity index (χ0n) is 14.3. The number of rotatable bonds is 8. The van der Waals surface area contributed by atoms with E-state index in [-0.39, 0.29) is 5.92 Å². The van der Waals surface area contributed by atoms with E-state index in [4.69, 9.17) is 15.2 Å². The molecule has 2 aromatic rings. The molecule has 2 N–H and O–H groups in total. The van der Waals surface area contributed by atoms with Gasteiger partial charge in [0.2, 0.25) is 0 Å². The van der Waals surface area contributed by atoms with Gasteiger partial charge in [0.05, 0.1) is 13.7 Å². The molecular weight excluding hydrogens is 286 g/mol. The standard InChI is InChI=1S/C20H27NO2/c1-4-15-9-11-16(12-10-15)18(14-21)13-17-7-6-8-19(22-3)20(17)23-5-2/h6-12,18H,4-5,13-14,21H2,1-3H3. The van der Waals surface area contributed by atoms with Gasteiger partial charge in [0.1, 0.15) is 0 Å². The van der Waals surface area contributed by atoms with Crippen LogP contribution in [-0.2, 0) is 12.8 Å². The molecule has 0 aliphatic carbocycles.